The summed E-state index contributed by atoms with van der Waals surface area (Å²) in [4.78, 5) is 35.5. The summed E-state index contributed by atoms with van der Waals surface area (Å²) >= 11 is 0. The summed E-state index contributed by atoms with van der Waals surface area (Å²) in [5, 5.41) is 0. The Morgan fingerprint density at radius 1 is 1.00 bits per heavy atom. The number of methoxy groups -OCH3 is 3. The van der Waals surface area contributed by atoms with Crippen molar-refractivity contribution in [1.29, 1.82) is 0 Å². The van der Waals surface area contributed by atoms with E-state index in [2.05, 4.69) is 45.6 Å². The number of allylic oxidation sites excluding steroid dienone is 2. The van der Waals surface area contributed by atoms with Crippen LogP contribution in [0.25, 0.3) is 0 Å². The second kappa shape index (κ2) is 18.4. The van der Waals surface area contributed by atoms with Gasteiger partial charge in [-0.2, -0.15) is 0 Å². The first-order valence-electron chi connectivity index (χ1n) is 21.1. The van der Waals surface area contributed by atoms with Gasteiger partial charge in [0, 0.05) is 45.6 Å². The van der Waals surface area contributed by atoms with Gasteiger partial charge in [0.1, 0.15) is 12.2 Å². The highest BCUT2D eigenvalue weighted by Crippen LogP contribution is 2.57. The number of cyclic esters (lactones) is 1. The molecule has 55 heavy (non-hydrogen) atoms. The van der Waals surface area contributed by atoms with Crippen LogP contribution in [0.4, 0.5) is 0 Å². The molecule has 0 amide bonds. The Morgan fingerprint density at radius 2 is 1.78 bits per heavy atom. The fourth-order valence-corrected chi connectivity index (χ4v) is 11.4. The van der Waals surface area contributed by atoms with Crippen LogP contribution in [-0.4, -0.2) is 132 Å². The van der Waals surface area contributed by atoms with E-state index in [1.165, 1.54) is 0 Å². The fourth-order valence-electron chi connectivity index (χ4n) is 11.4. The lowest BCUT2D eigenvalue weighted by molar-refractivity contribution is -0.319. The van der Waals surface area contributed by atoms with Crippen molar-refractivity contribution in [2.75, 3.05) is 42.0 Å². The van der Waals surface area contributed by atoms with E-state index >= 15 is 0 Å². The third-order valence-corrected chi connectivity index (χ3v) is 14.1. The maximum atomic E-state index is 14.9. The summed E-state index contributed by atoms with van der Waals surface area (Å²) in [5.41, 5.74) is 0.153. The summed E-state index contributed by atoms with van der Waals surface area (Å²) in [7, 11) is 9.22. The van der Waals surface area contributed by atoms with Crippen molar-refractivity contribution in [2.45, 2.75) is 165 Å². The quantitative estimate of drug-likeness (QED) is 0.188. The van der Waals surface area contributed by atoms with Gasteiger partial charge in [0.2, 0.25) is 0 Å². The Hall–Kier alpha value is -1.77. The summed E-state index contributed by atoms with van der Waals surface area (Å²) < 4.78 is 50.0. The zero-order chi connectivity index (χ0) is 39.6. The molecular weight excluding hydrogens is 704 g/mol. The van der Waals surface area contributed by atoms with Crippen LogP contribution in [0, 0.1) is 35.5 Å². The number of Topliss-reactive ketones (excluding diaryl/α,β-unsaturated/α-hetero) is 1. The lowest BCUT2D eigenvalue weighted by Gasteiger charge is -2.46. The van der Waals surface area contributed by atoms with E-state index < -0.39 is 17.8 Å². The average Bonchev–Trinajstić information content (AvgIpc) is 3.73. The second-order valence-electron chi connectivity index (χ2n) is 17.9. The van der Waals surface area contributed by atoms with Gasteiger partial charge in [0.05, 0.1) is 49.1 Å². The third kappa shape index (κ3) is 9.27. The maximum Gasteiger partial charge on any atom is 0.306 e. The first-order valence-corrected chi connectivity index (χ1v) is 21.1. The molecule has 0 N–H and O–H groups in total. The van der Waals surface area contributed by atoms with Gasteiger partial charge in [-0.25, -0.2) is 0 Å². The molecule has 0 spiro atoms. The van der Waals surface area contributed by atoms with Crippen LogP contribution >= 0.6 is 0 Å². The smallest absolute Gasteiger partial charge is 0.306 e. The van der Waals surface area contributed by atoms with Crippen LogP contribution in [0.5, 0.6) is 0 Å². The molecule has 6 aliphatic rings. The molecule has 17 atom stereocenters. The van der Waals surface area contributed by atoms with Crippen LogP contribution in [-0.2, 0) is 47.5 Å². The van der Waals surface area contributed by atoms with E-state index in [0.717, 1.165) is 56.9 Å². The van der Waals surface area contributed by atoms with Crippen molar-refractivity contribution in [3.05, 3.63) is 11.6 Å². The number of nitrogens with zero attached hydrogens (tertiary/aromatic N) is 2. The number of rotatable bonds is 11. The Labute approximate surface area is 329 Å². The first-order chi connectivity index (χ1) is 26.3. The molecular formula is C43H70N2O10. The van der Waals surface area contributed by atoms with Crippen molar-refractivity contribution in [3.63, 3.8) is 0 Å². The molecule has 4 unspecified atom stereocenters. The van der Waals surface area contributed by atoms with Crippen LogP contribution < -0.4 is 0 Å². The van der Waals surface area contributed by atoms with E-state index in [1.54, 1.807) is 21.3 Å². The molecule has 3 aliphatic heterocycles. The number of likely N-dealkylation sites (N-methyl/N-ethyl adjacent to an activating group) is 1. The largest absolute Gasteiger partial charge is 0.462 e. The standard InChI is InChI=1S/C43H70N2O10/c1-11-27-13-12-14-35(54-38-16-15-34(45(6)7)25(3)51-38)24(2)40(47)32-20-30-29-19-28(17-26(29)18-33(44-5)39(30)31(32)21-37(46)52-27)53-42-41(50-10)36(49-9)22-43(4,55-42)23-48-8/h20,24-31,33-36,38-39,41-42H,5,11-19,21-23H2,1-4,6-10H3/t24-,25?,26+,27+,28-,29-,30+,31-,33+,34+,35+,36?,38+,39-,41?,42-,43?/m1/s1. The van der Waals surface area contributed by atoms with E-state index in [9.17, 15) is 9.59 Å². The molecule has 5 fully saturated rings. The lowest BCUT2D eigenvalue weighted by Crippen LogP contribution is -2.57. The number of aliphatic imine (C=N–C) groups is 1. The topological polar surface area (TPSA) is 124 Å². The molecule has 12 nitrogen and oxygen atoms in total. The zero-order valence-corrected chi connectivity index (χ0v) is 35.0. The number of ketones is 1. The summed E-state index contributed by atoms with van der Waals surface area (Å²) in [6, 6.07) is 0.234. The molecule has 6 rings (SSSR count). The molecule has 0 radical (unpaired) electrons. The van der Waals surface area contributed by atoms with Gasteiger partial charge < -0.3 is 42.8 Å². The Morgan fingerprint density at radius 3 is 2.44 bits per heavy atom. The molecule has 2 saturated carbocycles. The Balaban J connectivity index is 1.25. The molecule has 0 aromatic carbocycles. The minimum absolute atomic E-state index is 0.0235. The lowest BCUT2D eigenvalue weighted by atomic mass is 9.64. The molecule has 312 valence electrons. The highest BCUT2D eigenvalue weighted by molar-refractivity contribution is 5.99. The van der Waals surface area contributed by atoms with Crippen molar-refractivity contribution in [2.24, 2.45) is 40.5 Å². The molecule has 12 heteroatoms. The van der Waals surface area contributed by atoms with Gasteiger partial charge in [-0.05, 0) is 122 Å². The average molecular weight is 775 g/mol. The first kappa shape index (κ1) is 42.8. The minimum Gasteiger partial charge on any atom is -0.462 e. The summed E-state index contributed by atoms with van der Waals surface area (Å²) in [6.45, 7) is 12.7. The van der Waals surface area contributed by atoms with E-state index in [1.807, 2.05) is 13.8 Å². The SMILES string of the molecule is C=N[C@H]1C[C@@H]2C[C@@H](O[C@@H]3OC(C)(COC)CC(OC)C3OC)C[C@H]2[C@@H]2C=C3C(=O)[C@H](C)[C@@H](O[C@H]4CC[C@H](N(C)C)C(C)O4)CCC[C@H](CC)OC(=O)C[C@H]3[C@@H]21. The molecule has 0 aromatic heterocycles. The highest BCUT2D eigenvalue weighted by atomic mass is 16.7. The number of carbonyl (C=O) groups is 2. The number of carbonyl (C=O) groups excluding carboxylic acids is 2. The number of fused-ring (bicyclic) bond motifs is 5. The fraction of sp³-hybridized carbons (Fsp3) is 0.884. The third-order valence-electron chi connectivity index (χ3n) is 14.1. The van der Waals surface area contributed by atoms with E-state index in [-0.39, 0.29) is 90.8 Å². The van der Waals surface area contributed by atoms with Gasteiger partial charge in [0.25, 0.3) is 0 Å². The molecule has 0 bridgehead atoms. The second-order valence-corrected chi connectivity index (χ2v) is 17.9. The molecule has 3 saturated heterocycles. The minimum atomic E-state index is -0.624. The zero-order valence-electron chi connectivity index (χ0n) is 35.0. The monoisotopic (exact) mass is 775 g/mol. The van der Waals surface area contributed by atoms with Crippen molar-refractivity contribution in [3.8, 4) is 0 Å². The van der Waals surface area contributed by atoms with Crippen LogP contribution in [0.1, 0.15) is 98.3 Å². The summed E-state index contributed by atoms with van der Waals surface area (Å²) in [6.07, 6.45) is 8.08. The predicted molar refractivity (Wildman–Crippen MR) is 208 cm³/mol. The number of hydrogen-bond acceptors (Lipinski definition) is 12. The van der Waals surface area contributed by atoms with E-state index in [4.69, 9.17) is 42.9 Å². The highest BCUT2D eigenvalue weighted by Gasteiger charge is 2.57. The van der Waals surface area contributed by atoms with Crippen molar-refractivity contribution < 1.29 is 47.5 Å². The van der Waals surface area contributed by atoms with Gasteiger partial charge in [-0.1, -0.05) is 19.9 Å². The molecule has 0 aromatic rings. The van der Waals surface area contributed by atoms with Crippen LogP contribution in [0.2, 0.25) is 0 Å². The normalized spacial score (nSPS) is 45.5. The Kier molecular flexibility index (Phi) is 14.4. The van der Waals surface area contributed by atoms with Crippen LogP contribution in [0.3, 0.4) is 0 Å². The van der Waals surface area contributed by atoms with Gasteiger partial charge in [0.15, 0.2) is 18.4 Å². The summed E-state index contributed by atoms with van der Waals surface area (Å²) in [5.74, 6) is -0.259. The molecule has 3 heterocycles. The van der Waals surface area contributed by atoms with E-state index in [0.29, 0.717) is 31.4 Å². The van der Waals surface area contributed by atoms with Crippen molar-refractivity contribution in [1.82, 2.24) is 4.90 Å². The maximum absolute atomic E-state index is 14.9. The number of ether oxygens (including phenoxy) is 8. The van der Waals surface area contributed by atoms with Crippen LogP contribution in [0.15, 0.2) is 16.6 Å². The van der Waals surface area contributed by atoms with Gasteiger partial charge in [-0.15, -0.1) is 0 Å². The number of esters is 1. The Bertz CT molecular complexity index is 1360. The predicted octanol–water partition coefficient (Wildman–Crippen LogP) is 5.78. The van der Waals surface area contributed by atoms with Gasteiger partial charge >= 0.3 is 5.97 Å². The number of hydrogen-bond donors (Lipinski definition) is 0. The van der Waals surface area contributed by atoms with Crippen molar-refractivity contribution >= 4 is 18.5 Å². The van der Waals surface area contributed by atoms with Gasteiger partial charge in [-0.3, -0.25) is 14.6 Å². The molecule has 3 aliphatic carbocycles.